The second kappa shape index (κ2) is 5.02. The number of hydrogen-bond acceptors (Lipinski definition) is 2. The molecule has 0 aromatic carbocycles. The third kappa shape index (κ3) is 2.38. The molecule has 6 rings (SSSR count). The number of nitrogens with one attached hydrogen (secondary N) is 2. The van der Waals surface area contributed by atoms with Crippen molar-refractivity contribution in [2.45, 2.75) is 69.4 Å². The molecular formula is C19H26N2O2. The van der Waals surface area contributed by atoms with E-state index in [0.29, 0.717) is 0 Å². The van der Waals surface area contributed by atoms with Crippen LogP contribution < -0.4 is 10.6 Å². The second-order valence-electron chi connectivity index (χ2n) is 8.54. The van der Waals surface area contributed by atoms with Crippen molar-refractivity contribution in [1.82, 2.24) is 10.6 Å². The van der Waals surface area contributed by atoms with Gasteiger partial charge in [-0.15, -0.1) is 0 Å². The first-order valence-corrected chi connectivity index (χ1v) is 9.34. The normalized spacial score (nSPS) is 40.7. The lowest BCUT2D eigenvalue weighted by atomic mass is 9.53. The number of aryl methyl sites for hydroxylation is 1. The Labute approximate surface area is 137 Å². The topological polar surface area (TPSA) is 54.3 Å². The van der Waals surface area contributed by atoms with Crippen LogP contribution in [0, 0.1) is 17.8 Å². The van der Waals surface area contributed by atoms with Crippen LogP contribution in [0.3, 0.4) is 0 Å². The van der Waals surface area contributed by atoms with Crippen LogP contribution >= 0.6 is 0 Å². The molecule has 5 aliphatic carbocycles. The first-order chi connectivity index (χ1) is 11.2. The zero-order valence-electron chi connectivity index (χ0n) is 13.6. The lowest BCUT2D eigenvalue weighted by molar-refractivity contribution is -0.0137. The molecule has 23 heavy (non-hydrogen) atoms. The summed E-state index contributed by atoms with van der Waals surface area (Å²) in [5, 5.41) is 6.64. The number of hydrogen-bond donors (Lipinski definition) is 2. The fourth-order valence-corrected chi connectivity index (χ4v) is 6.34. The van der Waals surface area contributed by atoms with Crippen molar-refractivity contribution in [2.75, 3.05) is 0 Å². The van der Waals surface area contributed by atoms with E-state index in [1.165, 1.54) is 44.1 Å². The van der Waals surface area contributed by atoms with Crippen molar-refractivity contribution in [3.05, 3.63) is 23.7 Å². The molecule has 4 nitrogen and oxygen atoms in total. The van der Waals surface area contributed by atoms with Crippen LogP contribution in [-0.4, -0.2) is 11.6 Å². The van der Waals surface area contributed by atoms with Crippen molar-refractivity contribution < 1.29 is 9.21 Å². The average Bonchev–Trinajstić information content (AvgIpc) is 2.94. The molecule has 5 aliphatic rings. The minimum Gasteiger partial charge on any atom is -0.469 e. The van der Waals surface area contributed by atoms with E-state index in [1.807, 2.05) is 6.07 Å². The summed E-state index contributed by atoms with van der Waals surface area (Å²) in [6.07, 6.45) is 12.7. The van der Waals surface area contributed by atoms with E-state index in [-0.39, 0.29) is 17.6 Å². The summed E-state index contributed by atoms with van der Waals surface area (Å²) in [6, 6.07) is 2.17. The van der Waals surface area contributed by atoms with Crippen molar-refractivity contribution >= 4 is 6.03 Å². The van der Waals surface area contributed by atoms with E-state index in [4.69, 9.17) is 4.42 Å². The molecule has 4 bridgehead atoms. The Morgan fingerprint density at radius 3 is 2.52 bits per heavy atom. The van der Waals surface area contributed by atoms with Crippen LogP contribution in [0.15, 0.2) is 16.7 Å². The van der Waals surface area contributed by atoms with Crippen LogP contribution in [-0.2, 0) is 6.42 Å². The van der Waals surface area contributed by atoms with Crippen molar-refractivity contribution in [1.29, 1.82) is 0 Å². The Morgan fingerprint density at radius 2 is 1.83 bits per heavy atom. The number of carbonyl (C=O) groups excluding carboxylic acids is 1. The van der Waals surface area contributed by atoms with Gasteiger partial charge in [0.25, 0.3) is 0 Å². The summed E-state index contributed by atoms with van der Waals surface area (Å²) >= 11 is 0. The molecular weight excluding hydrogens is 288 g/mol. The van der Waals surface area contributed by atoms with Crippen LogP contribution in [0.5, 0.6) is 0 Å². The highest BCUT2D eigenvalue weighted by Crippen LogP contribution is 2.55. The van der Waals surface area contributed by atoms with Gasteiger partial charge in [-0.25, -0.2) is 4.79 Å². The van der Waals surface area contributed by atoms with Crippen molar-refractivity contribution in [3.8, 4) is 0 Å². The maximum Gasteiger partial charge on any atom is 0.315 e. The molecule has 1 unspecified atom stereocenters. The predicted octanol–water partition coefficient (Wildman–Crippen LogP) is 3.93. The standard InChI is InChI=1S/C19H26N2O2/c22-18(20-16-2-1-3-17-15(16)4-5-23-17)21-19-9-12-6-13(10-19)8-14(7-12)11-19/h4-5,12-14,16H,1-3,6-11H2,(H2,20,21,22). The molecule has 0 spiro atoms. The Balaban J connectivity index is 1.28. The van der Waals surface area contributed by atoms with Gasteiger partial charge in [0.05, 0.1) is 12.3 Å². The van der Waals surface area contributed by atoms with E-state index in [9.17, 15) is 4.79 Å². The number of urea groups is 1. The minimum atomic E-state index is 0.0333. The number of carbonyl (C=O) groups is 1. The highest BCUT2D eigenvalue weighted by atomic mass is 16.3. The van der Waals surface area contributed by atoms with Crippen molar-refractivity contribution in [3.63, 3.8) is 0 Å². The molecule has 2 N–H and O–H groups in total. The van der Waals surface area contributed by atoms with Gasteiger partial charge in [0.15, 0.2) is 0 Å². The molecule has 1 heterocycles. The highest BCUT2D eigenvalue weighted by molar-refractivity contribution is 5.75. The van der Waals surface area contributed by atoms with E-state index >= 15 is 0 Å². The second-order valence-corrected chi connectivity index (χ2v) is 8.54. The Morgan fingerprint density at radius 1 is 1.13 bits per heavy atom. The largest absolute Gasteiger partial charge is 0.469 e. The number of furan rings is 1. The SMILES string of the molecule is O=C(NC1CCCc2occc21)NC12CC3CC(CC(C3)C1)C2. The molecule has 4 fully saturated rings. The third-order valence-corrected chi connectivity index (χ3v) is 6.77. The minimum absolute atomic E-state index is 0.0333. The van der Waals surface area contributed by atoms with E-state index in [0.717, 1.165) is 42.8 Å². The summed E-state index contributed by atoms with van der Waals surface area (Å²) in [6.45, 7) is 0. The first kappa shape index (κ1) is 13.9. The summed E-state index contributed by atoms with van der Waals surface area (Å²) < 4.78 is 5.53. The van der Waals surface area contributed by atoms with Gasteiger partial charge in [-0.2, -0.15) is 0 Å². The zero-order chi connectivity index (χ0) is 15.4. The molecule has 0 radical (unpaired) electrons. The number of fused-ring (bicyclic) bond motifs is 1. The van der Waals surface area contributed by atoms with Crippen LogP contribution in [0.4, 0.5) is 4.79 Å². The van der Waals surface area contributed by atoms with Gasteiger partial charge < -0.3 is 15.1 Å². The lowest BCUT2D eigenvalue weighted by Crippen LogP contribution is -2.61. The Hall–Kier alpha value is -1.45. The fourth-order valence-electron chi connectivity index (χ4n) is 6.34. The van der Waals surface area contributed by atoms with Gasteiger partial charge in [0.2, 0.25) is 0 Å². The monoisotopic (exact) mass is 314 g/mol. The molecule has 1 aromatic heterocycles. The average molecular weight is 314 g/mol. The van der Waals surface area contributed by atoms with Gasteiger partial charge in [-0.3, -0.25) is 0 Å². The molecule has 0 aliphatic heterocycles. The van der Waals surface area contributed by atoms with Gasteiger partial charge in [-0.05, 0) is 75.2 Å². The maximum absolute atomic E-state index is 12.7. The van der Waals surface area contributed by atoms with Crippen LogP contribution in [0.2, 0.25) is 0 Å². The lowest BCUT2D eigenvalue weighted by Gasteiger charge is -2.56. The van der Waals surface area contributed by atoms with Crippen LogP contribution in [0.1, 0.15) is 68.7 Å². The van der Waals surface area contributed by atoms with Gasteiger partial charge in [-0.1, -0.05) is 0 Å². The summed E-state index contributed by atoms with van der Waals surface area (Å²) in [5.41, 5.74) is 1.27. The molecule has 124 valence electrons. The van der Waals surface area contributed by atoms with Crippen molar-refractivity contribution in [2.24, 2.45) is 17.8 Å². The van der Waals surface area contributed by atoms with Crippen LogP contribution in [0.25, 0.3) is 0 Å². The number of rotatable bonds is 2. The summed E-state index contributed by atoms with van der Waals surface area (Å²) in [4.78, 5) is 12.7. The fraction of sp³-hybridized carbons (Fsp3) is 0.737. The van der Waals surface area contributed by atoms with E-state index < -0.39 is 0 Å². The smallest absolute Gasteiger partial charge is 0.315 e. The highest BCUT2D eigenvalue weighted by Gasteiger charge is 2.51. The predicted molar refractivity (Wildman–Crippen MR) is 87.0 cm³/mol. The summed E-state index contributed by atoms with van der Waals surface area (Å²) in [7, 11) is 0. The zero-order valence-corrected chi connectivity index (χ0v) is 13.6. The number of amides is 2. The maximum atomic E-state index is 12.7. The van der Waals surface area contributed by atoms with E-state index in [1.54, 1.807) is 6.26 Å². The molecule has 4 saturated carbocycles. The van der Waals surface area contributed by atoms with Gasteiger partial charge >= 0.3 is 6.03 Å². The first-order valence-electron chi connectivity index (χ1n) is 9.34. The molecule has 0 saturated heterocycles. The quantitative estimate of drug-likeness (QED) is 0.869. The van der Waals surface area contributed by atoms with E-state index in [2.05, 4.69) is 10.6 Å². The Bertz CT molecular complexity index is 585. The Kier molecular flexibility index (Phi) is 3.04. The molecule has 4 heteroatoms. The third-order valence-electron chi connectivity index (χ3n) is 6.77. The van der Waals surface area contributed by atoms with Gasteiger partial charge in [0, 0.05) is 17.5 Å². The van der Waals surface area contributed by atoms with Gasteiger partial charge in [0.1, 0.15) is 5.76 Å². The molecule has 1 aromatic rings. The molecule has 1 atom stereocenters. The summed E-state index contributed by atoms with van der Waals surface area (Å²) in [5.74, 6) is 3.63. The molecule has 2 amide bonds.